The number of piperidine rings is 1. The Bertz CT molecular complexity index is 1040. The highest BCUT2D eigenvalue weighted by atomic mass is 35.5. The van der Waals surface area contributed by atoms with Crippen LogP contribution in [0.25, 0.3) is 0 Å². The van der Waals surface area contributed by atoms with Gasteiger partial charge < -0.3 is 10.2 Å². The molecular formula is C23H25ClN4O3. The average molecular weight is 441 g/mol. The first kappa shape index (κ1) is 21.5. The van der Waals surface area contributed by atoms with E-state index in [2.05, 4.69) is 15.5 Å². The number of hydrogen-bond acceptors (Lipinski definition) is 6. The van der Waals surface area contributed by atoms with Gasteiger partial charge in [-0.1, -0.05) is 28.9 Å². The van der Waals surface area contributed by atoms with Gasteiger partial charge in [0.05, 0.1) is 11.1 Å². The first-order valence-electron chi connectivity index (χ1n) is 10.4. The van der Waals surface area contributed by atoms with E-state index >= 15 is 0 Å². The van der Waals surface area contributed by atoms with Crippen LogP contribution in [0.15, 0.2) is 41.6 Å². The Kier molecular flexibility index (Phi) is 5.81. The monoisotopic (exact) mass is 440 g/mol. The summed E-state index contributed by atoms with van der Waals surface area (Å²) in [4.78, 5) is 37.5. The summed E-state index contributed by atoms with van der Waals surface area (Å²) in [5.74, 6) is 0.101. The van der Waals surface area contributed by atoms with Crippen molar-refractivity contribution in [1.82, 2.24) is 10.3 Å². The van der Waals surface area contributed by atoms with Gasteiger partial charge in [0.1, 0.15) is 0 Å². The quantitative estimate of drug-likeness (QED) is 0.786. The molecule has 0 aliphatic carbocycles. The van der Waals surface area contributed by atoms with Crippen LogP contribution in [0, 0.1) is 6.92 Å². The van der Waals surface area contributed by atoms with Crippen LogP contribution in [0.5, 0.6) is 0 Å². The number of aromatic nitrogens is 1. The minimum Gasteiger partial charge on any atom is -0.381 e. The number of carbonyl (C=O) groups is 2. The first-order valence-corrected chi connectivity index (χ1v) is 10.7. The molecule has 2 aromatic rings. The molecule has 4 rings (SSSR count). The molecule has 0 saturated carbocycles. The van der Waals surface area contributed by atoms with E-state index in [4.69, 9.17) is 16.4 Å². The summed E-state index contributed by atoms with van der Waals surface area (Å²) in [5, 5.41) is 7.72. The molecule has 7 nitrogen and oxygen atoms in total. The van der Waals surface area contributed by atoms with Gasteiger partial charge in [0.2, 0.25) is 5.78 Å². The molecule has 3 heterocycles. The summed E-state index contributed by atoms with van der Waals surface area (Å²) in [7, 11) is 0. The van der Waals surface area contributed by atoms with Crippen molar-refractivity contribution in [2.24, 2.45) is 5.16 Å². The largest absolute Gasteiger partial charge is 0.381 e. The van der Waals surface area contributed by atoms with Gasteiger partial charge in [-0.2, -0.15) is 0 Å². The second-order valence-electron chi connectivity index (χ2n) is 8.38. The number of nitrogens with one attached hydrogen (secondary N) is 1. The highest BCUT2D eigenvalue weighted by Gasteiger charge is 2.40. The van der Waals surface area contributed by atoms with E-state index in [1.54, 1.807) is 49.1 Å². The van der Waals surface area contributed by atoms with Crippen molar-refractivity contribution in [3.8, 4) is 0 Å². The molecule has 2 aliphatic heterocycles. The SMILES string of the molecule is Cc1ccc(Cl)c(N(C(=O)c2ccc(C3=NOC(C)(C)C3=O)cc2)C2CCCNC2)n1. The van der Waals surface area contributed by atoms with Gasteiger partial charge in [-0.05, 0) is 64.4 Å². The van der Waals surface area contributed by atoms with Crippen LogP contribution in [0.1, 0.15) is 48.3 Å². The van der Waals surface area contributed by atoms with Gasteiger partial charge in [0.15, 0.2) is 17.1 Å². The zero-order valence-corrected chi connectivity index (χ0v) is 18.6. The highest BCUT2D eigenvalue weighted by molar-refractivity contribution is 6.49. The molecule has 0 bridgehead atoms. The van der Waals surface area contributed by atoms with Crippen molar-refractivity contribution in [3.63, 3.8) is 0 Å². The molecule has 8 heteroatoms. The van der Waals surface area contributed by atoms with Crippen LogP contribution in [0.3, 0.4) is 0 Å². The number of halogens is 1. The molecule has 162 valence electrons. The number of benzene rings is 1. The fraction of sp³-hybridized carbons (Fsp3) is 0.391. The molecule has 1 fully saturated rings. The molecule has 1 N–H and O–H groups in total. The molecule has 1 atom stereocenters. The van der Waals surface area contributed by atoms with Crippen LogP contribution in [0.4, 0.5) is 5.82 Å². The standard InChI is InChI=1S/C23H25ClN4O3/c1-14-6-11-18(24)21(26-14)28(17-5-4-12-25-13-17)22(30)16-9-7-15(8-10-16)19-20(29)23(2,3)31-27-19/h6-11,17,25H,4-5,12-13H2,1-3H3. The van der Waals surface area contributed by atoms with E-state index in [1.165, 1.54) is 0 Å². The summed E-state index contributed by atoms with van der Waals surface area (Å²) in [6, 6.07) is 10.4. The zero-order chi connectivity index (χ0) is 22.2. The minimum absolute atomic E-state index is 0.0530. The maximum Gasteiger partial charge on any atom is 0.259 e. The molecule has 1 aromatic heterocycles. The number of ketones is 1. The lowest BCUT2D eigenvalue weighted by Crippen LogP contribution is -2.49. The highest BCUT2D eigenvalue weighted by Crippen LogP contribution is 2.29. The maximum absolute atomic E-state index is 13.6. The van der Waals surface area contributed by atoms with Crippen molar-refractivity contribution < 1.29 is 14.4 Å². The lowest BCUT2D eigenvalue weighted by Gasteiger charge is -2.34. The summed E-state index contributed by atoms with van der Waals surface area (Å²) in [5.41, 5.74) is 1.18. The molecule has 1 amide bonds. The van der Waals surface area contributed by atoms with Gasteiger partial charge in [0.25, 0.3) is 5.91 Å². The molecule has 0 spiro atoms. The van der Waals surface area contributed by atoms with Crippen LogP contribution in [-0.4, -0.2) is 47.1 Å². The Morgan fingerprint density at radius 3 is 2.58 bits per heavy atom. The maximum atomic E-state index is 13.6. The Hall–Kier alpha value is -2.77. The predicted molar refractivity (Wildman–Crippen MR) is 120 cm³/mol. The average Bonchev–Trinajstić information content (AvgIpc) is 3.04. The number of nitrogens with zero attached hydrogens (tertiary/aromatic N) is 3. The number of anilines is 1. The van der Waals surface area contributed by atoms with Crippen LogP contribution < -0.4 is 10.2 Å². The lowest BCUT2D eigenvalue weighted by atomic mass is 9.95. The second-order valence-corrected chi connectivity index (χ2v) is 8.79. The molecule has 2 aliphatic rings. The van der Waals surface area contributed by atoms with E-state index in [0.29, 0.717) is 28.5 Å². The normalized spacial score (nSPS) is 20.2. The Morgan fingerprint density at radius 1 is 1.23 bits per heavy atom. The van der Waals surface area contributed by atoms with Crippen molar-refractivity contribution in [1.29, 1.82) is 0 Å². The summed E-state index contributed by atoms with van der Waals surface area (Å²) >= 11 is 6.45. The molecule has 1 saturated heterocycles. The number of Topliss-reactive ketones (excluding diaryl/α,β-unsaturated/α-hetero) is 1. The fourth-order valence-electron chi connectivity index (χ4n) is 3.81. The number of amides is 1. The number of pyridine rings is 1. The first-order chi connectivity index (χ1) is 14.8. The molecule has 1 aromatic carbocycles. The smallest absolute Gasteiger partial charge is 0.259 e. The van der Waals surface area contributed by atoms with E-state index in [9.17, 15) is 9.59 Å². The topological polar surface area (TPSA) is 83.9 Å². The minimum atomic E-state index is -0.970. The van der Waals surface area contributed by atoms with Gasteiger partial charge in [0, 0.05) is 23.4 Å². The third kappa shape index (κ3) is 4.20. The zero-order valence-electron chi connectivity index (χ0n) is 17.8. The van der Waals surface area contributed by atoms with Gasteiger partial charge in [-0.3, -0.25) is 14.5 Å². The third-order valence-corrected chi connectivity index (χ3v) is 5.88. The van der Waals surface area contributed by atoms with Gasteiger partial charge in [-0.15, -0.1) is 0 Å². The molecular weight excluding hydrogens is 416 g/mol. The molecule has 31 heavy (non-hydrogen) atoms. The van der Waals surface area contributed by atoms with Crippen LogP contribution in [-0.2, 0) is 9.63 Å². The van der Waals surface area contributed by atoms with Crippen LogP contribution in [0.2, 0.25) is 5.02 Å². The number of aryl methyl sites for hydroxylation is 1. The Morgan fingerprint density at radius 2 is 1.97 bits per heavy atom. The van der Waals surface area contributed by atoms with Gasteiger partial charge >= 0.3 is 0 Å². The number of rotatable bonds is 4. The van der Waals surface area contributed by atoms with E-state index < -0.39 is 5.60 Å². The number of oxime groups is 1. The van der Waals surface area contributed by atoms with E-state index in [0.717, 1.165) is 25.1 Å². The third-order valence-electron chi connectivity index (χ3n) is 5.58. The van der Waals surface area contributed by atoms with E-state index in [-0.39, 0.29) is 23.4 Å². The second kappa shape index (κ2) is 8.40. The van der Waals surface area contributed by atoms with Crippen molar-refractivity contribution in [2.45, 2.75) is 45.3 Å². The summed E-state index contributed by atoms with van der Waals surface area (Å²) < 4.78 is 0. The van der Waals surface area contributed by atoms with Crippen molar-refractivity contribution in [3.05, 3.63) is 58.2 Å². The summed E-state index contributed by atoms with van der Waals surface area (Å²) in [6.45, 7) is 6.83. The number of hydrogen-bond donors (Lipinski definition) is 1. The number of carbonyl (C=O) groups excluding carboxylic acids is 2. The van der Waals surface area contributed by atoms with Gasteiger partial charge in [-0.25, -0.2) is 4.98 Å². The Labute approximate surface area is 186 Å². The van der Waals surface area contributed by atoms with E-state index in [1.807, 2.05) is 13.0 Å². The lowest BCUT2D eigenvalue weighted by molar-refractivity contribution is -0.128. The predicted octanol–water partition coefficient (Wildman–Crippen LogP) is 3.52. The van der Waals surface area contributed by atoms with Crippen molar-refractivity contribution in [2.75, 3.05) is 18.0 Å². The molecule has 1 unspecified atom stereocenters. The van der Waals surface area contributed by atoms with Crippen molar-refractivity contribution >= 4 is 34.8 Å². The summed E-state index contributed by atoms with van der Waals surface area (Å²) in [6.07, 6.45) is 1.83. The van der Waals surface area contributed by atoms with Crippen LogP contribution >= 0.6 is 11.6 Å². The Balaban J connectivity index is 1.66. The molecule has 0 radical (unpaired) electrons. The fourth-order valence-corrected chi connectivity index (χ4v) is 4.00.